The summed E-state index contributed by atoms with van der Waals surface area (Å²) in [5.74, 6) is 0.636. The lowest BCUT2D eigenvalue weighted by atomic mass is 10.2. The van der Waals surface area contributed by atoms with E-state index in [0.717, 1.165) is 17.3 Å². The van der Waals surface area contributed by atoms with E-state index in [1.165, 1.54) is 0 Å². The number of carbonyl (C=O) groups is 1. The van der Waals surface area contributed by atoms with Gasteiger partial charge in [0.2, 0.25) is 0 Å². The van der Waals surface area contributed by atoms with Gasteiger partial charge in [0.15, 0.2) is 0 Å². The van der Waals surface area contributed by atoms with Gasteiger partial charge in [0.1, 0.15) is 5.75 Å². The van der Waals surface area contributed by atoms with Gasteiger partial charge in [0.25, 0.3) is 0 Å². The SMILES string of the molecule is CSC(=O)Oc1ccccc1C. The molecule has 0 aromatic heterocycles. The molecule has 64 valence electrons. The average Bonchev–Trinajstić information content (AvgIpc) is 2.09. The van der Waals surface area contributed by atoms with Crippen LogP contribution in [-0.4, -0.2) is 11.6 Å². The number of para-hydroxylation sites is 1. The van der Waals surface area contributed by atoms with E-state index >= 15 is 0 Å². The molecule has 0 saturated heterocycles. The zero-order valence-electron chi connectivity index (χ0n) is 7.03. The predicted octanol–water partition coefficient (Wildman–Crippen LogP) is 2.86. The second-order valence-electron chi connectivity index (χ2n) is 2.32. The largest absolute Gasteiger partial charge is 0.418 e. The molecule has 0 unspecified atom stereocenters. The molecule has 1 aromatic rings. The van der Waals surface area contributed by atoms with Crippen molar-refractivity contribution >= 4 is 17.1 Å². The van der Waals surface area contributed by atoms with Crippen LogP contribution in [0, 0.1) is 6.92 Å². The predicted molar refractivity (Wildman–Crippen MR) is 50.7 cm³/mol. The highest BCUT2D eigenvalue weighted by molar-refractivity contribution is 8.12. The Bertz CT molecular complexity index is 284. The van der Waals surface area contributed by atoms with Crippen LogP contribution in [0.15, 0.2) is 24.3 Å². The lowest BCUT2D eigenvalue weighted by molar-refractivity contribution is 0.227. The van der Waals surface area contributed by atoms with Gasteiger partial charge in [-0.1, -0.05) is 18.2 Å². The van der Waals surface area contributed by atoms with Crippen molar-refractivity contribution < 1.29 is 9.53 Å². The van der Waals surface area contributed by atoms with Crippen LogP contribution in [0.4, 0.5) is 4.79 Å². The minimum absolute atomic E-state index is 0.274. The molecular formula is C9H10O2S. The summed E-state index contributed by atoms with van der Waals surface area (Å²) in [4.78, 5) is 10.9. The van der Waals surface area contributed by atoms with Crippen molar-refractivity contribution in [2.75, 3.05) is 6.26 Å². The lowest BCUT2D eigenvalue weighted by Gasteiger charge is -2.03. The van der Waals surface area contributed by atoms with Gasteiger partial charge in [-0.05, 0) is 36.6 Å². The van der Waals surface area contributed by atoms with Crippen LogP contribution in [-0.2, 0) is 0 Å². The maximum absolute atomic E-state index is 10.9. The summed E-state index contributed by atoms with van der Waals surface area (Å²) in [5, 5.41) is -0.274. The molecule has 1 aromatic carbocycles. The van der Waals surface area contributed by atoms with Crippen molar-refractivity contribution in [1.82, 2.24) is 0 Å². The second-order valence-corrected chi connectivity index (χ2v) is 3.06. The Morgan fingerprint density at radius 1 is 1.42 bits per heavy atom. The number of benzene rings is 1. The molecule has 2 nitrogen and oxygen atoms in total. The summed E-state index contributed by atoms with van der Waals surface area (Å²) in [5.41, 5.74) is 0.972. The molecule has 0 bridgehead atoms. The van der Waals surface area contributed by atoms with Crippen molar-refractivity contribution in [2.45, 2.75) is 6.92 Å². The van der Waals surface area contributed by atoms with Crippen molar-refractivity contribution in [3.63, 3.8) is 0 Å². The topological polar surface area (TPSA) is 26.3 Å². The third-order valence-electron chi connectivity index (χ3n) is 1.45. The first-order valence-corrected chi connectivity index (χ1v) is 4.78. The molecule has 0 heterocycles. The summed E-state index contributed by atoms with van der Waals surface area (Å²) in [6.45, 7) is 1.91. The monoisotopic (exact) mass is 182 g/mol. The van der Waals surface area contributed by atoms with E-state index in [9.17, 15) is 4.79 Å². The van der Waals surface area contributed by atoms with Gasteiger partial charge in [-0.2, -0.15) is 0 Å². The number of thioether (sulfide) groups is 1. The smallest absolute Gasteiger partial charge is 0.372 e. The number of hydrogen-bond acceptors (Lipinski definition) is 3. The second kappa shape index (κ2) is 4.16. The summed E-state index contributed by atoms with van der Waals surface area (Å²) in [6.07, 6.45) is 1.70. The van der Waals surface area contributed by atoms with Gasteiger partial charge in [0, 0.05) is 0 Å². The zero-order chi connectivity index (χ0) is 8.97. The van der Waals surface area contributed by atoms with Crippen molar-refractivity contribution in [2.24, 2.45) is 0 Å². The van der Waals surface area contributed by atoms with Crippen LogP contribution in [0.25, 0.3) is 0 Å². The van der Waals surface area contributed by atoms with Gasteiger partial charge in [-0.15, -0.1) is 0 Å². The summed E-state index contributed by atoms with van der Waals surface area (Å²) < 4.78 is 5.02. The van der Waals surface area contributed by atoms with Gasteiger partial charge in [-0.25, -0.2) is 4.79 Å². The molecule has 0 saturated carbocycles. The maximum Gasteiger partial charge on any atom is 0.372 e. The fourth-order valence-corrected chi connectivity index (χ4v) is 0.975. The molecule has 0 spiro atoms. The number of aryl methyl sites for hydroxylation is 1. The first-order valence-electron chi connectivity index (χ1n) is 3.55. The Hall–Kier alpha value is -0.960. The van der Waals surface area contributed by atoms with E-state index in [4.69, 9.17) is 4.74 Å². The lowest BCUT2D eigenvalue weighted by Crippen LogP contribution is -2.00. The molecule has 0 fully saturated rings. The van der Waals surface area contributed by atoms with E-state index < -0.39 is 0 Å². The normalized spacial score (nSPS) is 9.50. The number of ether oxygens (including phenoxy) is 1. The van der Waals surface area contributed by atoms with E-state index in [-0.39, 0.29) is 5.30 Å². The van der Waals surface area contributed by atoms with Crippen LogP contribution in [0.3, 0.4) is 0 Å². The van der Waals surface area contributed by atoms with Crippen LogP contribution in [0.2, 0.25) is 0 Å². The van der Waals surface area contributed by atoms with Gasteiger partial charge < -0.3 is 4.74 Å². The summed E-state index contributed by atoms with van der Waals surface area (Å²) in [6, 6.07) is 7.44. The van der Waals surface area contributed by atoms with E-state index in [1.807, 2.05) is 25.1 Å². The van der Waals surface area contributed by atoms with E-state index in [1.54, 1.807) is 12.3 Å². The zero-order valence-corrected chi connectivity index (χ0v) is 7.85. The van der Waals surface area contributed by atoms with Crippen LogP contribution >= 0.6 is 11.8 Å². The molecule has 0 radical (unpaired) electrons. The maximum atomic E-state index is 10.9. The third kappa shape index (κ3) is 2.27. The van der Waals surface area contributed by atoms with E-state index in [0.29, 0.717) is 5.75 Å². The molecule has 1 rings (SSSR count). The summed E-state index contributed by atoms with van der Waals surface area (Å²) >= 11 is 1.07. The molecule has 0 aliphatic rings. The molecule has 0 atom stereocenters. The molecule has 12 heavy (non-hydrogen) atoms. The Balaban J connectivity index is 2.75. The first kappa shape index (κ1) is 9.13. The van der Waals surface area contributed by atoms with Crippen LogP contribution in [0.5, 0.6) is 5.75 Å². The Kier molecular flexibility index (Phi) is 3.17. The molecule has 3 heteroatoms. The Morgan fingerprint density at radius 2 is 2.08 bits per heavy atom. The number of hydrogen-bond donors (Lipinski definition) is 0. The fourth-order valence-electron chi connectivity index (χ4n) is 0.802. The van der Waals surface area contributed by atoms with Crippen molar-refractivity contribution in [1.29, 1.82) is 0 Å². The van der Waals surface area contributed by atoms with Gasteiger partial charge >= 0.3 is 5.30 Å². The molecular weight excluding hydrogens is 172 g/mol. The Morgan fingerprint density at radius 3 is 2.67 bits per heavy atom. The number of rotatable bonds is 1. The highest BCUT2D eigenvalue weighted by Crippen LogP contribution is 2.18. The van der Waals surface area contributed by atoms with Crippen molar-refractivity contribution in [3.8, 4) is 5.75 Å². The van der Waals surface area contributed by atoms with Crippen molar-refractivity contribution in [3.05, 3.63) is 29.8 Å². The van der Waals surface area contributed by atoms with E-state index in [2.05, 4.69) is 0 Å². The Labute approximate surface area is 75.9 Å². The highest BCUT2D eigenvalue weighted by Gasteiger charge is 2.03. The minimum Gasteiger partial charge on any atom is -0.418 e. The number of carbonyl (C=O) groups excluding carboxylic acids is 1. The summed E-state index contributed by atoms with van der Waals surface area (Å²) in [7, 11) is 0. The minimum atomic E-state index is -0.274. The van der Waals surface area contributed by atoms with Crippen LogP contribution in [0.1, 0.15) is 5.56 Å². The third-order valence-corrected chi connectivity index (χ3v) is 1.87. The van der Waals surface area contributed by atoms with Crippen LogP contribution < -0.4 is 4.74 Å². The molecule has 0 aliphatic carbocycles. The molecule has 0 amide bonds. The fraction of sp³-hybridized carbons (Fsp3) is 0.222. The standard InChI is InChI=1S/C9H10O2S/c1-7-5-3-4-6-8(7)11-9(10)12-2/h3-6H,1-2H3. The quantitative estimate of drug-likeness (QED) is 0.625. The average molecular weight is 182 g/mol. The van der Waals surface area contributed by atoms with Gasteiger partial charge in [-0.3, -0.25) is 0 Å². The highest BCUT2D eigenvalue weighted by atomic mass is 32.2. The first-order chi connectivity index (χ1) is 5.74. The molecule has 0 N–H and O–H groups in total. The molecule has 0 aliphatic heterocycles. The van der Waals surface area contributed by atoms with Gasteiger partial charge in [0.05, 0.1) is 0 Å².